The zero-order valence-corrected chi connectivity index (χ0v) is 36.6. The minimum atomic E-state index is 1.26. The Labute approximate surface area is 388 Å². The number of fused-ring (bicyclic) bond motifs is 15. The van der Waals surface area contributed by atoms with E-state index in [1.807, 2.05) is 0 Å². The van der Waals surface area contributed by atoms with Gasteiger partial charge in [-0.05, 0) is 215 Å². The van der Waals surface area contributed by atoms with Gasteiger partial charge in [-0.3, -0.25) is 0 Å². The van der Waals surface area contributed by atoms with Gasteiger partial charge in [-0.1, -0.05) is 176 Å². The summed E-state index contributed by atoms with van der Waals surface area (Å²) >= 11 is 0. The Bertz CT molecular complexity index is 4960. The SMILES string of the molecule is c1cc2c3c(ccc(-c4ccc5c6cc7c(cc6c6cccc4c65)c4cccc5cccc7c54)c3c1)-c1ccc(-c3ccc4c5cc6c(cc5c5cccc3c54)c3cccc4cccc6c43)cc1-2. The van der Waals surface area contributed by atoms with Crippen LogP contribution in [0.3, 0.4) is 0 Å². The van der Waals surface area contributed by atoms with E-state index in [4.69, 9.17) is 0 Å². The maximum Gasteiger partial charge on any atom is -0.00201 e. The molecule has 18 rings (SSSR count). The summed E-state index contributed by atoms with van der Waals surface area (Å²) in [5.41, 5.74) is 10.4. The molecule has 0 nitrogen and oxygen atoms in total. The third-order valence-electron chi connectivity index (χ3n) is 16.8. The second kappa shape index (κ2) is 11.8. The van der Waals surface area contributed by atoms with Crippen molar-refractivity contribution in [3.63, 3.8) is 0 Å². The molecule has 0 amide bonds. The Balaban J connectivity index is 0.798. The smallest absolute Gasteiger partial charge is 0.00201 e. The normalized spacial score (nSPS) is 13.0. The molecule has 306 valence electrons. The molecular weight excluding hydrogens is 817 g/mol. The molecule has 0 heterocycles. The van der Waals surface area contributed by atoms with Crippen molar-refractivity contribution in [2.24, 2.45) is 0 Å². The van der Waals surface area contributed by atoms with Crippen molar-refractivity contribution in [1.29, 1.82) is 0 Å². The Morgan fingerprint density at radius 1 is 0.147 bits per heavy atom. The molecule has 0 radical (unpaired) electrons. The quantitative estimate of drug-likeness (QED) is 0.163. The highest BCUT2D eigenvalue weighted by atomic mass is 14.3. The lowest BCUT2D eigenvalue weighted by molar-refractivity contribution is 1.66. The van der Waals surface area contributed by atoms with Crippen molar-refractivity contribution in [3.05, 3.63) is 206 Å². The molecule has 0 bridgehead atoms. The minimum Gasteiger partial charge on any atom is -0.0610 e. The van der Waals surface area contributed by atoms with Crippen molar-refractivity contribution in [3.8, 4) is 44.5 Å². The van der Waals surface area contributed by atoms with E-state index in [1.54, 1.807) is 0 Å². The van der Waals surface area contributed by atoms with Gasteiger partial charge in [0.05, 0.1) is 0 Å². The van der Waals surface area contributed by atoms with Gasteiger partial charge < -0.3 is 0 Å². The first-order valence-electron chi connectivity index (χ1n) is 24.0. The van der Waals surface area contributed by atoms with E-state index in [1.165, 1.54) is 185 Å². The molecule has 0 unspecified atom stereocenters. The van der Waals surface area contributed by atoms with Gasteiger partial charge >= 0.3 is 0 Å². The largest absolute Gasteiger partial charge is 0.0610 e. The Hall–Kier alpha value is -8.84. The van der Waals surface area contributed by atoms with Crippen molar-refractivity contribution >= 4 is 140 Å². The van der Waals surface area contributed by atoms with Gasteiger partial charge in [-0.15, -0.1) is 0 Å². The van der Waals surface area contributed by atoms with Crippen LogP contribution in [-0.4, -0.2) is 0 Å². The second-order valence-electron chi connectivity index (χ2n) is 19.7. The average Bonchev–Trinajstić information content (AvgIpc) is 4.17. The summed E-state index contributed by atoms with van der Waals surface area (Å²) in [6.07, 6.45) is 0. The summed E-state index contributed by atoms with van der Waals surface area (Å²) < 4.78 is 0. The van der Waals surface area contributed by atoms with E-state index in [0.717, 1.165) is 0 Å². The van der Waals surface area contributed by atoms with Crippen LogP contribution in [0.25, 0.3) is 185 Å². The summed E-state index contributed by atoms with van der Waals surface area (Å²) in [6, 6.07) is 79.3. The molecule has 0 spiro atoms. The van der Waals surface area contributed by atoms with Crippen LogP contribution in [0, 0.1) is 0 Å². The van der Waals surface area contributed by atoms with Gasteiger partial charge in [0.1, 0.15) is 0 Å². The number of benzene rings is 13. The molecule has 0 saturated carbocycles. The zero-order chi connectivity index (χ0) is 43.7. The van der Waals surface area contributed by atoms with Gasteiger partial charge in [0.2, 0.25) is 0 Å². The molecule has 0 aliphatic heterocycles. The van der Waals surface area contributed by atoms with Gasteiger partial charge in [0.25, 0.3) is 0 Å². The monoisotopic (exact) mass is 850 g/mol. The highest BCUT2D eigenvalue weighted by Crippen LogP contribution is 2.54. The molecule has 0 heteroatoms. The van der Waals surface area contributed by atoms with Crippen LogP contribution in [0.5, 0.6) is 0 Å². The molecule has 1 aliphatic rings. The van der Waals surface area contributed by atoms with E-state index in [0.29, 0.717) is 0 Å². The van der Waals surface area contributed by atoms with Gasteiger partial charge in [-0.2, -0.15) is 0 Å². The Kier molecular flexibility index (Phi) is 5.96. The predicted molar refractivity (Wildman–Crippen MR) is 294 cm³/mol. The van der Waals surface area contributed by atoms with E-state index >= 15 is 0 Å². The van der Waals surface area contributed by atoms with Gasteiger partial charge in [0, 0.05) is 0 Å². The summed E-state index contributed by atoms with van der Waals surface area (Å²) in [5.74, 6) is 0. The fourth-order valence-corrected chi connectivity index (χ4v) is 14.0. The maximum absolute atomic E-state index is 2.48. The fourth-order valence-electron chi connectivity index (χ4n) is 14.0. The van der Waals surface area contributed by atoms with Crippen LogP contribution >= 0.6 is 0 Å². The van der Waals surface area contributed by atoms with Crippen LogP contribution in [0.2, 0.25) is 0 Å². The molecule has 0 atom stereocenters. The third kappa shape index (κ3) is 3.97. The summed E-state index contributed by atoms with van der Waals surface area (Å²) in [7, 11) is 0. The first-order valence-corrected chi connectivity index (χ1v) is 24.0. The number of hydrogen-bond acceptors (Lipinski definition) is 0. The maximum atomic E-state index is 2.48. The Morgan fingerprint density at radius 2 is 0.471 bits per heavy atom. The van der Waals surface area contributed by atoms with E-state index in [2.05, 4.69) is 206 Å². The minimum absolute atomic E-state index is 1.26. The van der Waals surface area contributed by atoms with E-state index in [9.17, 15) is 0 Å². The standard InChI is InChI=1S/C68H34/c1-8-35-10-3-14-47-58-33-62-53-27-24-38(42-16-5-20-50(66(42)53)60(62)31-56(58)45(12-1)64(35)47)37-22-23-41-52-28-25-39(43-17-6-19-49(67(43)52)55(41)30-37)40-26-29-54-63-34-59-48-15-4-11-36-9-2-13-46(65(36)48)57(59)32-61(63)51-21-7-18-44(40)68(51)54/h1-34H. The first-order chi connectivity index (χ1) is 33.7. The van der Waals surface area contributed by atoms with Crippen LogP contribution in [0.15, 0.2) is 206 Å². The summed E-state index contributed by atoms with van der Waals surface area (Å²) in [4.78, 5) is 0. The van der Waals surface area contributed by atoms with Gasteiger partial charge in [-0.25, -0.2) is 0 Å². The molecule has 0 saturated heterocycles. The van der Waals surface area contributed by atoms with Crippen LogP contribution < -0.4 is 0 Å². The van der Waals surface area contributed by atoms with Crippen molar-refractivity contribution in [2.75, 3.05) is 0 Å². The molecule has 68 heavy (non-hydrogen) atoms. The molecule has 1 aliphatic carbocycles. The van der Waals surface area contributed by atoms with Crippen LogP contribution in [0.1, 0.15) is 0 Å². The molecule has 17 aromatic carbocycles. The lowest BCUT2D eigenvalue weighted by Gasteiger charge is -2.13. The number of rotatable bonds is 2. The molecule has 0 aromatic heterocycles. The topological polar surface area (TPSA) is 0 Å². The molecule has 0 N–H and O–H groups in total. The highest BCUT2D eigenvalue weighted by molar-refractivity contribution is 6.40. The van der Waals surface area contributed by atoms with Crippen molar-refractivity contribution in [1.82, 2.24) is 0 Å². The fraction of sp³-hybridized carbons (Fsp3) is 0. The summed E-state index contributed by atoms with van der Waals surface area (Å²) in [5, 5.41) is 35.0. The molecule has 0 fully saturated rings. The molecular formula is C68H34. The third-order valence-corrected chi connectivity index (χ3v) is 16.8. The number of hydrogen-bond donors (Lipinski definition) is 0. The lowest BCUT2D eigenvalue weighted by atomic mass is 9.90. The van der Waals surface area contributed by atoms with Crippen molar-refractivity contribution in [2.45, 2.75) is 0 Å². The highest BCUT2D eigenvalue weighted by Gasteiger charge is 2.26. The first kappa shape index (κ1) is 34.5. The summed E-state index contributed by atoms with van der Waals surface area (Å²) in [6.45, 7) is 0. The average molecular weight is 851 g/mol. The van der Waals surface area contributed by atoms with Crippen molar-refractivity contribution < 1.29 is 0 Å². The van der Waals surface area contributed by atoms with Gasteiger partial charge in [0.15, 0.2) is 0 Å². The van der Waals surface area contributed by atoms with Crippen LogP contribution in [-0.2, 0) is 0 Å². The molecule has 17 aromatic rings. The second-order valence-corrected chi connectivity index (χ2v) is 19.7. The lowest BCUT2D eigenvalue weighted by Crippen LogP contribution is -1.85. The van der Waals surface area contributed by atoms with E-state index < -0.39 is 0 Å². The predicted octanol–water partition coefficient (Wildman–Crippen LogP) is 19.4. The van der Waals surface area contributed by atoms with E-state index in [-0.39, 0.29) is 0 Å². The van der Waals surface area contributed by atoms with Crippen LogP contribution in [0.4, 0.5) is 0 Å². The Morgan fingerprint density at radius 3 is 0.971 bits per heavy atom. The zero-order valence-electron chi connectivity index (χ0n) is 36.6.